The van der Waals surface area contributed by atoms with Crippen LogP contribution in [0.2, 0.25) is 10.0 Å². The molecule has 27 heavy (non-hydrogen) atoms. The minimum Gasteiger partial charge on any atom is -0.459 e. The smallest absolute Gasteiger partial charge is 0.289 e. The molecular formula is C18H17Cl2N3O4. The van der Waals surface area contributed by atoms with Crippen molar-refractivity contribution in [3.63, 3.8) is 0 Å². The number of halogens is 2. The molecule has 3 amide bonds. The number of likely N-dealkylation sites (tertiary alicyclic amines) is 1. The van der Waals surface area contributed by atoms with Gasteiger partial charge in [-0.3, -0.25) is 25.2 Å². The zero-order valence-corrected chi connectivity index (χ0v) is 15.7. The molecular weight excluding hydrogens is 393 g/mol. The minimum atomic E-state index is -0.574. The molecule has 9 heteroatoms. The van der Waals surface area contributed by atoms with Gasteiger partial charge >= 0.3 is 0 Å². The molecule has 1 aliphatic heterocycles. The number of hydrogen-bond donors (Lipinski definition) is 2. The summed E-state index contributed by atoms with van der Waals surface area (Å²) in [6, 6.07) is 7.69. The van der Waals surface area contributed by atoms with Crippen molar-refractivity contribution < 1.29 is 18.8 Å². The van der Waals surface area contributed by atoms with Crippen molar-refractivity contribution in [1.29, 1.82) is 0 Å². The second-order valence-corrected chi connectivity index (χ2v) is 6.98. The molecule has 7 nitrogen and oxygen atoms in total. The Bertz CT molecular complexity index is 854. The Morgan fingerprint density at radius 1 is 1.15 bits per heavy atom. The number of carbonyl (C=O) groups excluding carboxylic acids is 3. The molecule has 0 spiro atoms. The molecule has 2 N–H and O–H groups in total. The summed E-state index contributed by atoms with van der Waals surface area (Å²) >= 11 is 11.8. The van der Waals surface area contributed by atoms with E-state index >= 15 is 0 Å². The number of furan rings is 1. The summed E-state index contributed by atoms with van der Waals surface area (Å²) in [7, 11) is 0. The highest BCUT2D eigenvalue weighted by molar-refractivity contribution is 6.35. The van der Waals surface area contributed by atoms with Crippen LogP contribution in [0, 0.1) is 5.92 Å². The summed E-state index contributed by atoms with van der Waals surface area (Å²) < 4.78 is 5.12. The highest BCUT2D eigenvalue weighted by atomic mass is 35.5. The number of piperidine rings is 1. The Balaban J connectivity index is 1.57. The number of hydrazine groups is 1. The lowest BCUT2D eigenvalue weighted by Crippen LogP contribution is -2.50. The van der Waals surface area contributed by atoms with Gasteiger partial charge in [0.25, 0.3) is 11.8 Å². The lowest BCUT2D eigenvalue weighted by Gasteiger charge is -2.31. The Morgan fingerprint density at radius 2 is 1.96 bits per heavy atom. The lowest BCUT2D eigenvalue weighted by molar-refractivity contribution is -0.127. The van der Waals surface area contributed by atoms with E-state index in [1.807, 2.05) is 0 Å². The topological polar surface area (TPSA) is 91.7 Å². The number of nitrogens with one attached hydrogen (secondary N) is 2. The largest absolute Gasteiger partial charge is 0.459 e. The lowest BCUT2D eigenvalue weighted by atomic mass is 9.97. The average molecular weight is 410 g/mol. The predicted octanol–water partition coefficient (Wildman–Crippen LogP) is 2.90. The van der Waals surface area contributed by atoms with Crippen molar-refractivity contribution in [2.24, 2.45) is 5.92 Å². The van der Waals surface area contributed by atoms with Crippen LogP contribution in [0.3, 0.4) is 0 Å². The van der Waals surface area contributed by atoms with E-state index < -0.39 is 11.8 Å². The van der Waals surface area contributed by atoms with E-state index in [-0.39, 0.29) is 34.7 Å². The van der Waals surface area contributed by atoms with Gasteiger partial charge in [0, 0.05) is 18.1 Å². The average Bonchev–Trinajstić information content (AvgIpc) is 3.22. The van der Waals surface area contributed by atoms with Crippen LogP contribution in [0.5, 0.6) is 0 Å². The normalized spacial score (nSPS) is 16.7. The molecule has 1 aromatic heterocycles. The van der Waals surface area contributed by atoms with E-state index in [0.717, 1.165) is 0 Å². The molecule has 2 heterocycles. The SMILES string of the molecule is O=C(NNC(=O)C1CCCN(C(=O)c2ccco2)C1)c1cc(Cl)ccc1Cl. The number of nitrogens with zero attached hydrogens (tertiary/aromatic N) is 1. The van der Waals surface area contributed by atoms with Crippen LogP contribution in [0.25, 0.3) is 0 Å². The first-order chi connectivity index (χ1) is 13.0. The first kappa shape index (κ1) is 19.3. The molecule has 1 saturated heterocycles. The molecule has 1 aromatic carbocycles. The fourth-order valence-electron chi connectivity index (χ4n) is 2.89. The van der Waals surface area contributed by atoms with Gasteiger partial charge in [0.15, 0.2) is 5.76 Å². The van der Waals surface area contributed by atoms with Crippen LogP contribution >= 0.6 is 23.2 Å². The third-order valence-electron chi connectivity index (χ3n) is 4.28. The summed E-state index contributed by atoms with van der Waals surface area (Å²) in [5.41, 5.74) is 4.88. The van der Waals surface area contributed by atoms with Crippen LogP contribution < -0.4 is 10.9 Å². The second-order valence-electron chi connectivity index (χ2n) is 6.14. The van der Waals surface area contributed by atoms with Gasteiger partial charge in [0.1, 0.15) is 0 Å². The first-order valence-corrected chi connectivity index (χ1v) is 9.09. The zero-order chi connectivity index (χ0) is 19.4. The van der Waals surface area contributed by atoms with Gasteiger partial charge < -0.3 is 9.32 Å². The zero-order valence-electron chi connectivity index (χ0n) is 14.2. The quantitative estimate of drug-likeness (QED) is 0.762. The fourth-order valence-corrected chi connectivity index (χ4v) is 3.27. The molecule has 2 aromatic rings. The number of carbonyl (C=O) groups is 3. The molecule has 0 bridgehead atoms. The summed E-state index contributed by atoms with van der Waals surface area (Å²) in [6.45, 7) is 0.799. The fraction of sp³-hybridized carbons (Fsp3) is 0.278. The highest BCUT2D eigenvalue weighted by Crippen LogP contribution is 2.21. The maximum absolute atomic E-state index is 12.4. The van der Waals surface area contributed by atoms with E-state index in [0.29, 0.717) is 24.4 Å². The molecule has 0 saturated carbocycles. The Morgan fingerprint density at radius 3 is 2.70 bits per heavy atom. The van der Waals surface area contributed by atoms with Gasteiger partial charge in [-0.05, 0) is 43.2 Å². The van der Waals surface area contributed by atoms with E-state index in [1.54, 1.807) is 23.1 Å². The summed E-state index contributed by atoms with van der Waals surface area (Å²) in [6.07, 6.45) is 2.72. The number of rotatable bonds is 3. The summed E-state index contributed by atoms with van der Waals surface area (Å²) in [4.78, 5) is 38.5. The molecule has 142 valence electrons. The van der Waals surface area contributed by atoms with E-state index in [9.17, 15) is 14.4 Å². The standard InChI is InChI=1S/C18H17Cl2N3O4/c19-12-5-6-14(20)13(9-12)17(25)22-21-16(24)11-3-1-7-23(10-11)18(26)15-4-2-8-27-15/h2,4-6,8-9,11H,1,3,7,10H2,(H,21,24)(H,22,25). The second kappa shape index (κ2) is 8.45. The van der Waals surface area contributed by atoms with Gasteiger partial charge in [0.2, 0.25) is 5.91 Å². The molecule has 3 rings (SSSR count). The van der Waals surface area contributed by atoms with Crippen LogP contribution in [-0.2, 0) is 4.79 Å². The van der Waals surface area contributed by atoms with Crippen LogP contribution in [0.15, 0.2) is 41.0 Å². The summed E-state index contributed by atoms with van der Waals surface area (Å²) in [5.74, 6) is -1.41. The van der Waals surface area contributed by atoms with Crippen LogP contribution in [0.4, 0.5) is 0 Å². The predicted molar refractivity (Wildman–Crippen MR) is 99.4 cm³/mol. The van der Waals surface area contributed by atoms with Gasteiger partial charge in [-0.15, -0.1) is 0 Å². The van der Waals surface area contributed by atoms with Crippen molar-refractivity contribution in [3.8, 4) is 0 Å². The van der Waals surface area contributed by atoms with E-state index in [1.165, 1.54) is 18.4 Å². The van der Waals surface area contributed by atoms with E-state index in [4.69, 9.17) is 27.6 Å². The number of amides is 3. The van der Waals surface area contributed by atoms with Gasteiger partial charge in [0.05, 0.1) is 22.8 Å². The van der Waals surface area contributed by atoms with Gasteiger partial charge in [-0.25, -0.2) is 0 Å². The minimum absolute atomic E-state index is 0.155. The molecule has 0 aliphatic carbocycles. The first-order valence-electron chi connectivity index (χ1n) is 8.33. The van der Waals surface area contributed by atoms with Gasteiger partial charge in [-0.2, -0.15) is 0 Å². The maximum Gasteiger partial charge on any atom is 0.289 e. The molecule has 1 atom stereocenters. The Kier molecular flexibility index (Phi) is 6.03. The number of hydrogen-bond acceptors (Lipinski definition) is 4. The van der Waals surface area contributed by atoms with Crippen molar-refractivity contribution in [2.45, 2.75) is 12.8 Å². The highest BCUT2D eigenvalue weighted by Gasteiger charge is 2.30. The van der Waals surface area contributed by atoms with Crippen molar-refractivity contribution in [1.82, 2.24) is 15.8 Å². The van der Waals surface area contributed by atoms with Crippen molar-refractivity contribution >= 4 is 40.9 Å². The molecule has 1 aliphatic rings. The van der Waals surface area contributed by atoms with Crippen molar-refractivity contribution in [2.75, 3.05) is 13.1 Å². The summed E-state index contributed by atoms with van der Waals surface area (Å²) in [5, 5.41) is 0.578. The van der Waals surface area contributed by atoms with E-state index in [2.05, 4.69) is 10.9 Å². The Labute approximate surface area is 165 Å². The van der Waals surface area contributed by atoms with Crippen LogP contribution in [0.1, 0.15) is 33.8 Å². The third-order valence-corrected chi connectivity index (χ3v) is 4.85. The Hall–Kier alpha value is -2.51. The maximum atomic E-state index is 12.4. The third kappa shape index (κ3) is 4.61. The van der Waals surface area contributed by atoms with Gasteiger partial charge in [-0.1, -0.05) is 23.2 Å². The number of benzene rings is 1. The molecule has 1 fully saturated rings. The van der Waals surface area contributed by atoms with Crippen molar-refractivity contribution in [3.05, 3.63) is 58.0 Å². The molecule has 1 unspecified atom stereocenters. The van der Waals surface area contributed by atoms with Crippen LogP contribution in [-0.4, -0.2) is 35.7 Å². The monoisotopic (exact) mass is 409 g/mol. The molecule has 0 radical (unpaired) electrons.